The van der Waals surface area contributed by atoms with Crippen LogP contribution in [0.15, 0.2) is 24.3 Å². The van der Waals surface area contributed by atoms with Crippen LogP contribution in [0.3, 0.4) is 0 Å². The van der Waals surface area contributed by atoms with E-state index in [1.165, 1.54) is 6.07 Å². The molecule has 1 saturated carbocycles. The molecule has 1 aromatic rings. The van der Waals surface area contributed by atoms with E-state index in [1.807, 2.05) is 6.07 Å². The highest BCUT2D eigenvalue weighted by atomic mass is 19.3. The lowest BCUT2D eigenvalue weighted by Crippen LogP contribution is -2.50. The molecule has 0 aromatic heterocycles. The van der Waals surface area contributed by atoms with Gasteiger partial charge >= 0.3 is 6.61 Å². The second-order valence-corrected chi connectivity index (χ2v) is 6.22. The number of ether oxygens (including phenoxy) is 2. The molecular formula is C17H23F2NO3. The van der Waals surface area contributed by atoms with Gasteiger partial charge in [0.05, 0.1) is 18.8 Å². The number of aliphatic hydroxyl groups excluding tert-OH is 1. The Morgan fingerprint density at radius 1 is 1.26 bits per heavy atom. The van der Waals surface area contributed by atoms with Crippen molar-refractivity contribution < 1.29 is 23.4 Å². The Morgan fingerprint density at radius 2 is 2.09 bits per heavy atom. The summed E-state index contributed by atoms with van der Waals surface area (Å²) in [6.07, 6.45) is 3.61. The van der Waals surface area contributed by atoms with Crippen LogP contribution in [0.25, 0.3) is 0 Å². The molecule has 0 spiro atoms. The highest BCUT2D eigenvalue weighted by Crippen LogP contribution is 2.30. The summed E-state index contributed by atoms with van der Waals surface area (Å²) in [5.41, 5.74) is 0.832. The fourth-order valence-corrected chi connectivity index (χ4v) is 3.58. The van der Waals surface area contributed by atoms with Gasteiger partial charge in [-0.05, 0) is 30.5 Å². The van der Waals surface area contributed by atoms with Gasteiger partial charge < -0.3 is 14.6 Å². The minimum Gasteiger partial charge on any atom is -0.435 e. The summed E-state index contributed by atoms with van der Waals surface area (Å²) in [4.78, 5) is 2.28. The highest BCUT2D eigenvalue weighted by Gasteiger charge is 2.33. The van der Waals surface area contributed by atoms with E-state index in [1.54, 1.807) is 12.1 Å². The maximum absolute atomic E-state index is 12.4. The van der Waals surface area contributed by atoms with Crippen LogP contribution in [0, 0.1) is 0 Å². The zero-order chi connectivity index (χ0) is 16.2. The monoisotopic (exact) mass is 327 g/mol. The van der Waals surface area contributed by atoms with E-state index in [2.05, 4.69) is 9.64 Å². The van der Waals surface area contributed by atoms with Gasteiger partial charge in [-0.1, -0.05) is 25.0 Å². The Kier molecular flexibility index (Phi) is 5.46. The van der Waals surface area contributed by atoms with E-state index in [-0.39, 0.29) is 24.0 Å². The standard InChI is InChI=1S/C17H23F2NO3/c18-17(19)23-13-5-3-4-12(10-13)16-11-20(8-9-22-16)14-6-1-2-7-15(14)21/h3-5,10,14-17,21H,1-2,6-9,11H2/t14-,15-,16+/m1/s1. The quantitative estimate of drug-likeness (QED) is 0.923. The van der Waals surface area contributed by atoms with Gasteiger partial charge in [-0.3, -0.25) is 4.90 Å². The highest BCUT2D eigenvalue weighted by molar-refractivity contribution is 5.30. The lowest BCUT2D eigenvalue weighted by atomic mass is 9.90. The van der Waals surface area contributed by atoms with Gasteiger partial charge in [-0.2, -0.15) is 8.78 Å². The molecule has 2 fully saturated rings. The van der Waals surface area contributed by atoms with Crippen LogP contribution < -0.4 is 4.74 Å². The topological polar surface area (TPSA) is 41.9 Å². The van der Waals surface area contributed by atoms with Crippen LogP contribution in [-0.2, 0) is 4.74 Å². The fraction of sp³-hybridized carbons (Fsp3) is 0.647. The second kappa shape index (κ2) is 7.55. The van der Waals surface area contributed by atoms with E-state index in [9.17, 15) is 13.9 Å². The average molecular weight is 327 g/mol. The van der Waals surface area contributed by atoms with Crippen LogP contribution in [0.4, 0.5) is 8.78 Å². The van der Waals surface area contributed by atoms with Crippen molar-refractivity contribution in [2.75, 3.05) is 19.7 Å². The van der Waals surface area contributed by atoms with Gasteiger partial charge in [0, 0.05) is 19.1 Å². The van der Waals surface area contributed by atoms with E-state index >= 15 is 0 Å². The molecule has 1 aromatic carbocycles. The lowest BCUT2D eigenvalue weighted by Gasteiger charge is -2.42. The van der Waals surface area contributed by atoms with Gasteiger partial charge in [-0.15, -0.1) is 0 Å². The van der Waals surface area contributed by atoms with Crippen molar-refractivity contribution in [3.63, 3.8) is 0 Å². The van der Waals surface area contributed by atoms with E-state index in [0.29, 0.717) is 13.2 Å². The summed E-state index contributed by atoms with van der Waals surface area (Å²) in [5.74, 6) is 0.149. The summed E-state index contributed by atoms with van der Waals surface area (Å²) in [6.45, 7) is -0.787. The van der Waals surface area contributed by atoms with Crippen molar-refractivity contribution in [2.24, 2.45) is 0 Å². The maximum Gasteiger partial charge on any atom is 0.387 e. The van der Waals surface area contributed by atoms with Crippen molar-refractivity contribution in [3.8, 4) is 5.75 Å². The summed E-state index contributed by atoms with van der Waals surface area (Å²) < 4.78 is 35.0. The molecule has 1 aliphatic carbocycles. The Labute approximate surface area is 135 Å². The summed E-state index contributed by atoms with van der Waals surface area (Å²) >= 11 is 0. The predicted molar refractivity (Wildman–Crippen MR) is 81.6 cm³/mol. The summed E-state index contributed by atoms with van der Waals surface area (Å²) in [7, 11) is 0. The fourth-order valence-electron chi connectivity index (χ4n) is 3.58. The van der Waals surface area contributed by atoms with Crippen LogP contribution in [-0.4, -0.2) is 48.5 Å². The van der Waals surface area contributed by atoms with Crippen LogP contribution in [0.5, 0.6) is 5.75 Å². The van der Waals surface area contributed by atoms with Crippen molar-refractivity contribution in [1.82, 2.24) is 4.90 Å². The largest absolute Gasteiger partial charge is 0.435 e. The molecule has 0 radical (unpaired) electrons. The number of rotatable bonds is 4. The number of alkyl halides is 2. The molecule has 4 nitrogen and oxygen atoms in total. The number of halogens is 2. The Balaban J connectivity index is 1.68. The normalized spacial score (nSPS) is 29.7. The minimum atomic E-state index is -2.83. The van der Waals surface area contributed by atoms with Crippen LogP contribution in [0.1, 0.15) is 37.4 Å². The van der Waals surface area contributed by atoms with E-state index in [4.69, 9.17) is 4.74 Å². The van der Waals surface area contributed by atoms with Gasteiger partial charge in [-0.25, -0.2) is 0 Å². The molecule has 2 aliphatic rings. The van der Waals surface area contributed by atoms with Crippen molar-refractivity contribution in [1.29, 1.82) is 0 Å². The van der Waals surface area contributed by atoms with E-state index < -0.39 is 6.61 Å². The Morgan fingerprint density at radius 3 is 2.87 bits per heavy atom. The molecule has 3 rings (SSSR count). The molecule has 0 amide bonds. The van der Waals surface area contributed by atoms with Gasteiger partial charge in [0.25, 0.3) is 0 Å². The van der Waals surface area contributed by atoms with Gasteiger partial charge in [0.15, 0.2) is 0 Å². The maximum atomic E-state index is 12.4. The predicted octanol–water partition coefficient (Wildman–Crippen LogP) is 2.96. The molecule has 0 bridgehead atoms. The Bertz CT molecular complexity index is 514. The van der Waals surface area contributed by atoms with Crippen LogP contribution in [0.2, 0.25) is 0 Å². The zero-order valence-corrected chi connectivity index (χ0v) is 13.0. The first-order chi connectivity index (χ1) is 11.1. The molecule has 1 aliphatic heterocycles. The number of nitrogens with zero attached hydrogens (tertiary/aromatic N) is 1. The zero-order valence-electron chi connectivity index (χ0n) is 13.0. The molecule has 128 valence electrons. The third kappa shape index (κ3) is 4.19. The lowest BCUT2D eigenvalue weighted by molar-refractivity contribution is -0.0753. The van der Waals surface area contributed by atoms with Crippen molar-refractivity contribution in [2.45, 2.75) is 50.5 Å². The number of aliphatic hydroxyl groups is 1. The first-order valence-corrected chi connectivity index (χ1v) is 8.22. The number of benzene rings is 1. The number of morpholine rings is 1. The molecule has 0 unspecified atom stereocenters. The molecule has 3 atom stereocenters. The first-order valence-electron chi connectivity index (χ1n) is 8.22. The molecule has 23 heavy (non-hydrogen) atoms. The third-order valence-corrected chi connectivity index (χ3v) is 4.72. The average Bonchev–Trinajstić information content (AvgIpc) is 2.55. The van der Waals surface area contributed by atoms with Gasteiger partial charge in [0.2, 0.25) is 0 Å². The molecule has 1 N–H and O–H groups in total. The molecule has 1 heterocycles. The summed E-state index contributed by atoms with van der Waals surface area (Å²) in [5, 5.41) is 10.2. The SMILES string of the molecule is O[C@@H]1CCCC[C@H]1N1CCO[C@H](c2cccc(OC(F)F)c2)C1. The first kappa shape index (κ1) is 16.6. The number of hydrogen-bond donors (Lipinski definition) is 1. The smallest absolute Gasteiger partial charge is 0.387 e. The summed E-state index contributed by atoms with van der Waals surface area (Å²) in [6, 6.07) is 6.86. The second-order valence-electron chi connectivity index (χ2n) is 6.22. The van der Waals surface area contributed by atoms with E-state index in [0.717, 1.165) is 37.8 Å². The Hall–Kier alpha value is -1.24. The molecule has 6 heteroatoms. The van der Waals surface area contributed by atoms with Crippen LogP contribution >= 0.6 is 0 Å². The molecular weight excluding hydrogens is 304 g/mol. The van der Waals surface area contributed by atoms with Crippen molar-refractivity contribution in [3.05, 3.63) is 29.8 Å². The van der Waals surface area contributed by atoms with Gasteiger partial charge in [0.1, 0.15) is 5.75 Å². The number of hydrogen-bond acceptors (Lipinski definition) is 4. The minimum absolute atomic E-state index is 0.149. The molecule has 1 saturated heterocycles. The van der Waals surface area contributed by atoms with Crippen molar-refractivity contribution >= 4 is 0 Å². The third-order valence-electron chi connectivity index (χ3n) is 4.72.